The molecule has 3 aliphatic heterocycles. The van der Waals surface area contributed by atoms with Crippen LogP contribution in [0.4, 0.5) is 0 Å². The van der Waals surface area contributed by atoms with Gasteiger partial charge in [-0.05, 0) is 42.5 Å². The molecule has 3 aromatic rings. The van der Waals surface area contributed by atoms with E-state index in [0.29, 0.717) is 30.7 Å². The number of β-amino-alcohol motifs (C(OH)–C–C–N with tert-alkyl or cyclic N) is 1. The fourth-order valence-corrected chi connectivity index (χ4v) is 7.35. The molecule has 1 saturated heterocycles. The number of aliphatic hydroxyl groups is 1. The number of hydrogen-bond acceptors (Lipinski definition) is 6. The molecule has 2 aromatic carbocycles. The summed E-state index contributed by atoms with van der Waals surface area (Å²) in [5, 5.41) is 10.7. The van der Waals surface area contributed by atoms with Gasteiger partial charge in [0.1, 0.15) is 6.04 Å². The Morgan fingerprint density at radius 3 is 2.51 bits per heavy atom. The molecular formula is C32H34N4O4S. The normalized spacial score (nSPS) is 24.8. The Kier molecular flexibility index (Phi) is 6.90. The third-order valence-electron chi connectivity index (χ3n) is 8.80. The van der Waals surface area contributed by atoms with E-state index in [4.69, 9.17) is 0 Å². The molecule has 41 heavy (non-hydrogen) atoms. The van der Waals surface area contributed by atoms with E-state index < -0.39 is 23.6 Å². The summed E-state index contributed by atoms with van der Waals surface area (Å²) in [6.45, 7) is 8.27. The average molecular weight is 571 g/mol. The van der Waals surface area contributed by atoms with Crippen molar-refractivity contribution in [3.8, 4) is 10.4 Å². The van der Waals surface area contributed by atoms with Crippen LogP contribution in [0.2, 0.25) is 0 Å². The van der Waals surface area contributed by atoms with E-state index in [9.17, 15) is 19.5 Å². The molecule has 9 heteroatoms. The van der Waals surface area contributed by atoms with E-state index in [1.807, 2.05) is 75.7 Å². The van der Waals surface area contributed by atoms with E-state index in [1.54, 1.807) is 27.2 Å². The van der Waals surface area contributed by atoms with Crippen molar-refractivity contribution < 1.29 is 19.5 Å². The smallest absolute Gasteiger partial charge is 0.256 e. The summed E-state index contributed by atoms with van der Waals surface area (Å²) in [5.41, 5.74) is 6.01. The van der Waals surface area contributed by atoms with Gasteiger partial charge in [-0.3, -0.25) is 14.4 Å². The van der Waals surface area contributed by atoms with Gasteiger partial charge >= 0.3 is 0 Å². The Morgan fingerprint density at radius 2 is 1.85 bits per heavy atom. The lowest BCUT2D eigenvalue weighted by atomic mass is 9.78. The van der Waals surface area contributed by atoms with Crippen LogP contribution in [0.15, 0.2) is 59.0 Å². The molecule has 1 fully saturated rings. The second-order valence-electron chi connectivity index (χ2n) is 11.9. The van der Waals surface area contributed by atoms with Crippen molar-refractivity contribution in [2.45, 2.75) is 70.7 Å². The summed E-state index contributed by atoms with van der Waals surface area (Å²) in [4.78, 5) is 54.1. The lowest BCUT2D eigenvalue weighted by Gasteiger charge is -2.35. The van der Waals surface area contributed by atoms with Gasteiger partial charge in [0.2, 0.25) is 5.91 Å². The lowest BCUT2D eigenvalue weighted by Crippen LogP contribution is -2.54. The first-order valence-corrected chi connectivity index (χ1v) is 15.0. The molecule has 1 N–H and O–H groups in total. The van der Waals surface area contributed by atoms with Crippen molar-refractivity contribution in [1.82, 2.24) is 14.8 Å². The van der Waals surface area contributed by atoms with Gasteiger partial charge < -0.3 is 14.9 Å². The number of carbonyl (C=O) groups is 3. The third kappa shape index (κ3) is 4.61. The van der Waals surface area contributed by atoms with Crippen LogP contribution >= 0.6 is 11.3 Å². The maximum Gasteiger partial charge on any atom is 0.256 e. The van der Waals surface area contributed by atoms with Crippen LogP contribution in [0.25, 0.3) is 10.4 Å². The highest BCUT2D eigenvalue weighted by atomic mass is 32.1. The molecule has 212 valence electrons. The van der Waals surface area contributed by atoms with Gasteiger partial charge in [-0.1, -0.05) is 56.3 Å². The first-order valence-electron chi connectivity index (χ1n) is 14.1. The molecule has 4 heterocycles. The highest BCUT2D eigenvalue weighted by molar-refractivity contribution is 7.13. The summed E-state index contributed by atoms with van der Waals surface area (Å²) < 4.78 is 0. The standard InChI is InChI=1S/C32H34N4O4S/c1-18(2)27(36-15-21-7-5-6-8-24(21)29(36)38)30(39)35-16-23(37)13-26(35)25-14-32(4,31(40)34-25)22-11-9-20(10-12-22)28-19(3)33-17-41-28/h5-12,17-18,23,26-27,37H,13-16H2,1-4H3/t23-,26-,27+,32+/m1/s1. The number of carbonyl (C=O) groups excluding carboxylic acids is 3. The van der Waals surface area contributed by atoms with Crippen molar-refractivity contribution in [3.63, 3.8) is 0 Å². The maximum absolute atomic E-state index is 14.2. The number of likely N-dealkylation sites (tertiary alicyclic amines) is 1. The zero-order valence-electron chi connectivity index (χ0n) is 23.7. The molecule has 1 aromatic heterocycles. The van der Waals surface area contributed by atoms with Crippen LogP contribution < -0.4 is 0 Å². The number of amides is 3. The molecule has 3 amide bonds. The van der Waals surface area contributed by atoms with E-state index >= 15 is 0 Å². The summed E-state index contributed by atoms with van der Waals surface area (Å²) in [7, 11) is 0. The topological polar surface area (TPSA) is 103 Å². The van der Waals surface area contributed by atoms with Gasteiger partial charge in [0.25, 0.3) is 11.8 Å². The fraction of sp³-hybridized carbons (Fsp3) is 0.406. The first-order chi connectivity index (χ1) is 19.6. The van der Waals surface area contributed by atoms with Gasteiger partial charge in [-0.25, -0.2) is 9.98 Å². The van der Waals surface area contributed by atoms with Crippen LogP contribution in [-0.4, -0.2) is 68.1 Å². The van der Waals surface area contributed by atoms with Crippen LogP contribution in [0.5, 0.6) is 0 Å². The van der Waals surface area contributed by atoms with E-state index in [2.05, 4.69) is 9.98 Å². The van der Waals surface area contributed by atoms with E-state index in [1.165, 1.54) is 0 Å². The molecule has 0 saturated carbocycles. The Balaban J connectivity index is 1.24. The minimum atomic E-state index is -0.858. The highest BCUT2D eigenvalue weighted by Gasteiger charge is 2.49. The Morgan fingerprint density at radius 1 is 1.12 bits per heavy atom. The summed E-state index contributed by atoms with van der Waals surface area (Å²) in [6, 6.07) is 14.2. The van der Waals surface area contributed by atoms with Crippen molar-refractivity contribution in [2.24, 2.45) is 10.9 Å². The molecule has 4 atom stereocenters. The minimum Gasteiger partial charge on any atom is -0.391 e. The van der Waals surface area contributed by atoms with Gasteiger partial charge in [-0.2, -0.15) is 0 Å². The second kappa shape index (κ2) is 10.3. The molecule has 3 aliphatic rings. The molecule has 0 unspecified atom stereocenters. The monoisotopic (exact) mass is 570 g/mol. The van der Waals surface area contributed by atoms with Crippen molar-refractivity contribution >= 4 is 34.8 Å². The molecular weight excluding hydrogens is 536 g/mol. The average Bonchev–Trinajstić information content (AvgIpc) is 3.71. The SMILES string of the molecule is Cc1ncsc1-c1ccc([C@]2(C)CC([C@H]3C[C@@H](O)CN3C(=O)[C@H](C(C)C)N3Cc4ccccc4C3=O)=NC2=O)cc1. The van der Waals surface area contributed by atoms with Crippen LogP contribution in [0.3, 0.4) is 0 Å². The molecule has 0 radical (unpaired) electrons. The van der Waals surface area contributed by atoms with Crippen LogP contribution in [0, 0.1) is 12.8 Å². The third-order valence-corrected chi connectivity index (χ3v) is 9.78. The van der Waals surface area contributed by atoms with Crippen molar-refractivity contribution in [2.75, 3.05) is 6.54 Å². The lowest BCUT2D eigenvalue weighted by molar-refractivity contribution is -0.138. The number of aliphatic imine (C=N–C) groups is 1. The number of fused-ring (bicyclic) bond motifs is 1. The number of aryl methyl sites for hydroxylation is 1. The summed E-state index contributed by atoms with van der Waals surface area (Å²) in [6.07, 6.45) is -0.0436. The zero-order valence-corrected chi connectivity index (χ0v) is 24.5. The van der Waals surface area contributed by atoms with Gasteiger partial charge in [0, 0.05) is 37.2 Å². The van der Waals surface area contributed by atoms with Crippen molar-refractivity contribution in [1.29, 1.82) is 0 Å². The summed E-state index contributed by atoms with van der Waals surface area (Å²) >= 11 is 1.58. The highest BCUT2D eigenvalue weighted by Crippen LogP contribution is 2.39. The van der Waals surface area contributed by atoms with Crippen molar-refractivity contribution in [3.05, 3.63) is 76.4 Å². The quantitative estimate of drug-likeness (QED) is 0.474. The maximum atomic E-state index is 14.2. The Labute approximate surface area is 243 Å². The van der Waals surface area contributed by atoms with Gasteiger partial charge in [0.05, 0.1) is 33.6 Å². The number of rotatable bonds is 6. The van der Waals surface area contributed by atoms with E-state index in [0.717, 1.165) is 27.3 Å². The zero-order chi connectivity index (χ0) is 29.1. The minimum absolute atomic E-state index is 0.141. The predicted molar refractivity (Wildman–Crippen MR) is 158 cm³/mol. The molecule has 0 bridgehead atoms. The molecule has 0 aliphatic carbocycles. The number of hydrogen-bond donors (Lipinski definition) is 1. The number of benzene rings is 2. The number of nitrogens with zero attached hydrogens (tertiary/aromatic N) is 4. The Bertz CT molecular complexity index is 1560. The Hall–Kier alpha value is -3.69. The van der Waals surface area contributed by atoms with Gasteiger partial charge in [-0.15, -0.1) is 11.3 Å². The number of aliphatic hydroxyl groups excluding tert-OH is 1. The van der Waals surface area contributed by atoms with E-state index in [-0.39, 0.29) is 30.2 Å². The second-order valence-corrected chi connectivity index (χ2v) is 12.8. The van der Waals surface area contributed by atoms with Gasteiger partial charge in [0.15, 0.2) is 0 Å². The number of thiazole rings is 1. The van der Waals surface area contributed by atoms with Crippen LogP contribution in [0.1, 0.15) is 60.8 Å². The summed E-state index contributed by atoms with van der Waals surface area (Å²) in [5.74, 6) is -0.747. The molecule has 8 nitrogen and oxygen atoms in total. The largest absolute Gasteiger partial charge is 0.391 e. The molecule has 0 spiro atoms. The fourth-order valence-electron chi connectivity index (χ4n) is 6.54. The predicted octanol–water partition coefficient (Wildman–Crippen LogP) is 4.39. The molecule has 6 rings (SSSR count). The number of aromatic nitrogens is 1. The first kappa shape index (κ1) is 27.5. The van der Waals surface area contributed by atoms with Crippen LogP contribution in [-0.2, 0) is 21.5 Å².